The van der Waals surface area contributed by atoms with Gasteiger partial charge in [0.1, 0.15) is 12.7 Å². The molecule has 2 aromatic heterocycles. The van der Waals surface area contributed by atoms with Crippen molar-refractivity contribution in [2.75, 3.05) is 49.6 Å². The highest BCUT2D eigenvalue weighted by Crippen LogP contribution is 2.29. The van der Waals surface area contributed by atoms with Gasteiger partial charge in [-0.3, -0.25) is 4.90 Å². The Bertz CT molecular complexity index is 1020. The summed E-state index contributed by atoms with van der Waals surface area (Å²) in [5.41, 5.74) is 3.54. The molecule has 4 heterocycles. The Balaban J connectivity index is 0.00000245. The molecule has 0 atom stereocenters. The van der Waals surface area contributed by atoms with Gasteiger partial charge in [-0.1, -0.05) is 13.8 Å². The number of ether oxygens (including phenoxy) is 1. The molecule has 2 saturated heterocycles. The van der Waals surface area contributed by atoms with E-state index in [0.717, 1.165) is 45.1 Å². The zero-order valence-corrected chi connectivity index (χ0v) is 18.0. The predicted molar refractivity (Wildman–Crippen MR) is 121 cm³/mol. The summed E-state index contributed by atoms with van der Waals surface area (Å²) in [6.07, 6.45) is 4.84. The topological polar surface area (TPSA) is 84.2 Å². The van der Waals surface area contributed by atoms with Gasteiger partial charge in [0.25, 0.3) is 0 Å². The summed E-state index contributed by atoms with van der Waals surface area (Å²) in [5.74, 6) is 1.66. The van der Waals surface area contributed by atoms with Crippen LogP contribution in [0.3, 0.4) is 0 Å². The fourth-order valence-corrected chi connectivity index (χ4v) is 3.98. The van der Waals surface area contributed by atoms with Crippen molar-refractivity contribution in [1.82, 2.24) is 29.6 Å². The molecule has 0 bridgehead atoms. The quantitative estimate of drug-likeness (QED) is 0.649. The Labute approximate surface area is 183 Å². The summed E-state index contributed by atoms with van der Waals surface area (Å²) in [5, 5.41) is 7.88. The van der Waals surface area contributed by atoms with Gasteiger partial charge in [-0.05, 0) is 29.7 Å². The number of anilines is 3. The van der Waals surface area contributed by atoms with E-state index in [1.807, 2.05) is 0 Å². The lowest BCUT2D eigenvalue weighted by Crippen LogP contribution is -2.56. The molecular weight excluding hydrogens is 392 g/mol. The Kier molecular flexibility index (Phi) is 5.52. The molecule has 164 valence electrons. The third-order valence-electron chi connectivity index (χ3n) is 5.97. The average Bonchev–Trinajstić information content (AvgIpc) is 3.22. The molecule has 0 spiro atoms. The average molecular weight is 423 g/mol. The second-order valence-corrected chi connectivity index (χ2v) is 8.39. The van der Waals surface area contributed by atoms with E-state index in [9.17, 15) is 0 Å². The summed E-state index contributed by atoms with van der Waals surface area (Å²) in [7, 11) is 0. The molecule has 2 aliphatic heterocycles. The van der Waals surface area contributed by atoms with Gasteiger partial charge in [-0.15, -0.1) is 5.10 Å². The van der Waals surface area contributed by atoms with Gasteiger partial charge in [-0.25, -0.2) is 14.6 Å². The van der Waals surface area contributed by atoms with Crippen molar-refractivity contribution in [3.05, 3.63) is 48.7 Å². The van der Waals surface area contributed by atoms with Crippen LogP contribution in [0.1, 0.15) is 26.8 Å². The number of benzene rings is 1. The molecule has 9 nitrogen and oxygen atoms in total. The zero-order chi connectivity index (χ0) is 21.2. The van der Waals surface area contributed by atoms with Crippen molar-refractivity contribution < 1.29 is 6.16 Å². The largest absolute Gasteiger partial charge is 0.378 e. The van der Waals surface area contributed by atoms with Crippen LogP contribution in [-0.4, -0.2) is 75.1 Å². The van der Waals surface area contributed by atoms with Crippen molar-refractivity contribution in [2.45, 2.75) is 25.8 Å². The summed E-state index contributed by atoms with van der Waals surface area (Å²) in [6.45, 7) is 10.4. The molecule has 0 aliphatic carbocycles. The van der Waals surface area contributed by atoms with Crippen LogP contribution in [0.15, 0.2) is 43.1 Å². The maximum absolute atomic E-state index is 5.36. The van der Waals surface area contributed by atoms with Gasteiger partial charge in [0.15, 0.2) is 5.82 Å². The van der Waals surface area contributed by atoms with Gasteiger partial charge in [0, 0.05) is 51.2 Å². The van der Waals surface area contributed by atoms with E-state index in [1.165, 1.54) is 17.6 Å². The van der Waals surface area contributed by atoms with Crippen LogP contribution in [0.5, 0.6) is 0 Å². The van der Waals surface area contributed by atoms with Crippen LogP contribution in [0, 0.1) is 0 Å². The molecular formula is C22H30N8O. The molecule has 0 amide bonds. The minimum absolute atomic E-state index is 0. The zero-order valence-electron chi connectivity index (χ0n) is 18.0. The first-order valence-corrected chi connectivity index (χ1v) is 10.8. The van der Waals surface area contributed by atoms with E-state index < -0.39 is 0 Å². The number of hydrogen-bond donors (Lipinski definition) is 1. The highest BCUT2D eigenvalue weighted by molar-refractivity contribution is 5.64. The number of nitrogens with one attached hydrogen (secondary N) is 1. The molecule has 5 rings (SSSR count). The van der Waals surface area contributed by atoms with Crippen LogP contribution < -0.4 is 10.2 Å². The van der Waals surface area contributed by atoms with Crippen LogP contribution in [-0.2, 0) is 4.74 Å². The van der Waals surface area contributed by atoms with Crippen molar-refractivity contribution in [1.29, 1.82) is 0 Å². The second-order valence-electron chi connectivity index (χ2n) is 8.39. The van der Waals surface area contributed by atoms with Gasteiger partial charge in [0.2, 0.25) is 5.95 Å². The Morgan fingerprint density at radius 3 is 2.61 bits per heavy atom. The summed E-state index contributed by atoms with van der Waals surface area (Å²) in [4.78, 5) is 17.6. The highest BCUT2D eigenvalue weighted by atomic mass is 16.5. The van der Waals surface area contributed by atoms with E-state index in [0.29, 0.717) is 23.7 Å². The minimum Gasteiger partial charge on any atom is -0.378 e. The van der Waals surface area contributed by atoms with Gasteiger partial charge in [-0.2, -0.15) is 4.98 Å². The Hall–Kier alpha value is -3.04. The normalized spacial score (nSPS) is 17.7. The molecule has 1 N–H and O–H groups in total. The SMILES string of the molecule is CC(C)c1cc(Nc2ncn(-c3ccncn3)n2)cc(N2CCN(C3COC3)CC2)c1.[HH]. The van der Waals surface area contributed by atoms with E-state index >= 15 is 0 Å². The lowest BCUT2D eigenvalue weighted by atomic mass is 10.0. The van der Waals surface area contributed by atoms with Crippen LogP contribution in [0.2, 0.25) is 0 Å². The molecule has 0 saturated carbocycles. The first-order valence-electron chi connectivity index (χ1n) is 10.8. The summed E-state index contributed by atoms with van der Waals surface area (Å²) in [6, 6.07) is 9.09. The molecule has 9 heteroatoms. The summed E-state index contributed by atoms with van der Waals surface area (Å²) >= 11 is 0. The predicted octanol–water partition coefficient (Wildman–Crippen LogP) is 2.69. The van der Waals surface area contributed by atoms with Crippen LogP contribution in [0.25, 0.3) is 5.82 Å². The fourth-order valence-electron chi connectivity index (χ4n) is 3.98. The van der Waals surface area contributed by atoms with Crippen LogP contribution in [0.4, 0.5) is 17.3 Å². The van der Waals surface area contributed by atoms with Gasteiger partial charge < -0.3 is 15.0 Å². The molecule has 31 heavy (non-hydrogen) atoms. The maximum Gasteiger partial charge on any atom is 0.247 e. The summed E-state index contributed by atoms with van der Waals surface area (Å²) < 4.78 is 7.00. The van der Waals surface area contributed by atoms with Gasteiger partial charge >= 0.3 is 0 Å². The molecule has 2 aliphatic rings. The fraction of sp³-hybridized carbons (Fsp3) is 0.455. The molecule has 3 aromatic rings. The van der Waals surface area contributed by atoms with E-state index in [2.05, 4.69) is 67.2 Å². The second kappa shape index (κ2) is 8.60. The lowest BCUT2D eigenvalue weighted by Gasteiger charge is -2.43. The molecule has 1 aromatic carbocycles. The minimum atomic E-state index is 0. The van der Waals surface area contributed by atoms with Crippen molar-refractivity contribution in [2.24, 2.45) is 0 Å². The van der Waals surface area contributed by atoms with E-state index in [4.69, 9.17) is 4.74 Å². The number of aromatic nitrogens is 5. The number of nitrogens with zero attached hydrogens (tertiary/aromatic N) is 7. The first kappa shape index (κ1) is 19.9. The first-order chi connectivity index (χ1) is 15.2. The monoisotopic (exact) mass is 422 g/mol. The molecule has 2 fully saturated rings. The van der Waals surface area contributed by atoms with E-state index in [-0.39, 0.29) is 1.43 Å². The molecule has 0 unspecified atom stereocenters. The third kappa shape index (κ3) is 4.38. The number of piperazine rings is 1. The Morgan fingerprint density at radius 1 is 1.10 bits per heavy atom. The smallest absolute Gasteiger partial charge is 0.247 e. The Morgan fingerprint density at radius 2 is 1.94 bits per heavy atom. The third-order valence-corrected chi connectivity index (χ3v) is 5.97. The van der Waals surface area contributed by atoms with Crippen LogP contribution >= 0.6 is 0 Å². The van der Waals surface area contributed by atoms with E-state index in [1.54, 1.807) is 23.3 Å². The lowest BCUT2D eigenvalue weighted by molar-refractivity contribution is -0.0660. The standard InChI is InChI=1S/C22H28N8O.H2/c1-16(2)17-9-18(26-22-25-15-30(27-22)21-3-4-23-14-24-21)11-19(10-17)28-5-7-29(8-6-28)20-12-31-13-20;/h3-4,9-11,14-16,20H,5-8,12-13H2,1-2H3,(H,26,27);1H. The van der Waals surface area contributed by atoms with Crippen molar-refractivity contribution in [3.8, 4) is 5.82 Å². The maximum atomic E-state index is 5.36. The highest BCUT2D eigenvalue weighted by Gasteiger charge is 2.29. The van der Waals surface area contributed by atoms with Crippen molar-refractivity contribution in [3.63, 3.8) is 0 Å². The number of rotatable bonds is 6. The number of hydrogen-bond acceptors (Lipinski definition) is 8. The van der Waals surface area contributed by atoms with Crippen molar-refractivity contribution >= 4 is 17.3 Å². The molecule has 0 radical (unpaired) electrons. The van der Waals surface area contributed by atoms with Gasteiger partial charge in [0.05, 0.1) is 19.3 Å².